The van der Waals surface area contributed by atoms with E-state index in [0.29, 0.717) is 12.6 Å². The van der Waals surface area contributed by atoms with Crippen LogP contribution in [0.2, 0.25) is 39.3 Å². The van der Waals surface area contributed by atoms with Crippen molar-refractivity contribution in [2.24, 2.45) is 0 Å². The van der Waals surface area contributed by atoms with Crippen LogP contribution in [0.1, 0.15) is 26.2 Å². The highest BCUT2D eigenvalue weighted by Crippen LogP contribution is 2.32. The van der Waals surface area contributed by atoms with E-state index >= 15 is 0 Å². The molecule has 0 aromatic rings. The Morgan fingerprint density at radius 1 is 1.10 bits per heavy atom. The Kier molecular flexibility index (Phi) is 5.95. The maximum atomic E-state index is 6.23. The lowest BCUT2D eigenvalue weighted by atomic mass is 10.0. The van der Waals surface area contributed by atoms with Crippen molar-refractivity contribution >= 4 is 16.6 Å². The number of hydrogen-bond acceptors (Lipinski definition) is 3. The molecule has 0 bridgehead atoms. The summed E-state index contributed by atoms with van der Waals surface area (Å²) in [6, 6.07) is 0. The zero-order valence-corrected chi connectivity index (χ0v) is 16.1. The van der Waals surface area contributed by atoms with Gasteiger partial charge in [0.2, 0.25) is 16.6 Å². The molecule has 0 aromatic heterocycles. The maximum Gasteiger partial charge on any atom is 0.272 e. The van der Waals surface area contributed by atoms with Crippen LogP contribution in [-0.4, -0.2) is 23.2 Å². The summed E-state index contributed by atoms with van der Waals surface area (Å²) in [5, 5.41) is 0. The van der Waals surface area contributed by atoms with E-state index in [9.17, 15) is 0 Å². The first-order valence-electron chi connectivity index (χ1n) is 7.57. The summed E-state index contributed by atoms with van der Waals surface area (Å²) >= 11 is 0. The lowest BCUT2D eigenvalue weighted by Crippen LogP contribution is -2.29. The first-order chi connectivity index (χ1) is 9.12. The van der Waals surface area contributed by atoms with Crippen LogP contribution in [0.5, 0.6) is 0 Å². The molecule has 116 valence electrons. The van der Waals surface area contributed by atoms with Gasteiger partial charge in [-0.15, -0.1) is 0 Å². The second-order valence-corrected chi connectivity index (χ2v) is 15.9. The highest BCUT2D eigenvalue weighted by atomic mass is 28.4. The molecule has 3 nitrogen and oxygen atoms in total. The Morgan fingerprint density at radius 3 is 2.25 bits per heavy atom. The Hall–Kier alpha value is -0.686. The van der Waals surface area contributed by atoms with Crippen LogP contribution in [-0.2, 0) is 13.6 Å². The van der Waals surface area contributed by atoms with Gasteiger partial charge in [-0.25, -0.2) is 0 Å². The molecule has 0 atom stereocenters. The number of ether oxygens (including phenoxy) is 1. The van der Waals surface area contributed by atoms with Crippen LogP contribution in [0.4, 0.5) is 0 Å². The average Bonchev–Trinajstić information content (AvgIpc) is 2.25. The second-order valence-electron chi connectivity index (χ2n) is 7.09. The van der Waals surface area contributed by atoms with E-state index in [2.05, 4.69) is 45.4 Å². The first-order valence-corrected chi connectivity index (χ1v) is 14.4. The predicted molar refractivity (Wildman–Crippen MR) is 89.4 cm³/mol. The number of allylic oxidation sites excluding steroid dienone is 2. The monoisotopic (exact) mass is 314 g/mol. The summed E-state index contributed by atoms with van der Waals surface area (Å²) in [6.07, 6.45) is 5.40. The highest BCUT2D eigenvalue weighted by Gasteiger charge is 2.27. The van der Waals surface area contributed by atoms with E-state index in [1.807, 2.05) is 6.92 Å². The van der Waals surface area contributed by atoms with Crippen molar-refractivity contribution in [1.29, 1.82) is 0 Å². The zero-order chi connectivity index (χ0) is 15.4. The molecule has 0 N–H and O–H groups in total. The molecular weight excluding hydrogens is 284 g/mol. The minimum Gasteiger partial charge on any atom is -0.544 e. The van der Waals surface area contributed by atoms with Gasteiger partial charge in [-0.2, -0.15) is 0 Å². The molecule has 20 heavy (non-hydrogen) atoms. The fourth-order valence-electron chi connectivity index (χ4n) is 1.98. The quantitative estimate of drug-likeness (QED) is 0.510. The molecule has 5 heteroatoms. The van der Waals surface area contributed by atoms with E-state index < -0.39 is 16.6 Å². The van der Waals surface area contributed by atoms with Crippen molar-refractivity contribution in [2.45, 2.75) is 65.5 Å². The second kappa shape index (κ2) is 6.85. The fourth-order valence-corrected chi connectivity index (χ4v) is 3.59. The molecule has 1 rings (SSSR count). The van der Waals surface area contributed by atoms with Crippen LogP contribution in [0.25, 0.3) is 0 Å². The number of hydrogen-bond donors (Lipinski definition) is 0. The molecular formula is C15H30O3Si2. The Morgan fingerprint density at radius 2 is 1.75 bits per heavy atom. The Balaban J connectivity index is 3.08. The van der Waals surface area contributed by atoms with Crippen LogP contribution >= 0.6 is 0 Å². The lowest BCUT2D eigenvalue weighted by Gasteiger charge is -2.29. The largest absolute Gasteiger partial charge is 0.544 e. The first kappa shape index (κ1) is 17.4. The normalized spacial score (nSPS) is 19.2. The van der Waals surface area contributed by atoms with E-state index in [4.69, 9.17) is 13.6 Å². The minimum absolute atomic E-state index is 0.629. The molecule has 0 amide bonds. The van der Waals surface area contributed by atoms with Crippen LogP contribution in [0.15, 0.2) is 23.4 Å². The predicted octanol–water partition coefficient (Wildman–Crippen LogP) is 5.01. The van der Waals surface area contributed by atoms with Gasteiger partial charge in [0, 0.05) is 0 Å². The van der Waals surface area contributed by atoms with Crippen molar-refractivity contribution in [3.63, 3.8) is 0 Å². The van der Waals surface area contributed by atoms with Gasteiger partial charge in [0.05, 0.1) is 12.2 Å². The highest BCUT2D eigenvalue weighted by molar-refractivity contribution is 6.70. The Labute approximate surface area is 126 Å². The smallest absolute Gasteiger partial charge is 0.272 e. The van der Waals surface area contributed by atoms with Gasteiger partial charge < -0.3 is 13.6 Å². The summed E-state index contributed by atoms with van der Waals surface area (Å²) < 4.78 is 18.2. The summed E-state index contributed by atoms with van der Waals surface area (Å²) in [4.78, 5) is 0. The van der Waals surface area contributed by atoms with Crippen LogP contribution < -0.4 is 0 Å². The average molecular weight is 315 g/mol. The van der Waals surface area contributed by atoms with Crippen molar-refractivity contribution < 1.29 is 13.6 Å². The van der Waals surface area contributed by atoms with Gasteiger partial charge in [0.15, 0.2) is 0 Å². The fraction of sp³-hybridized carbons (Fsp3) is 0.733. The van der Waals surface area contributed by atoms with Gasteiger partial charge in [-0.05, 0) is 71.5 Å². The molecule has 1 aliphatic rings. The van der Waals surface area contributed by atoms with E-state index in [-0.39, 0.29) is 0 Å². The third-order valence-corrected chi connectivity index (χ3v) is 4.22. The van der Waals surface area contributed by atoms with Gasteiger partial charge >= 0.3 is 0 Å². The Bertz CT molecular complexity index is 387. The van der Waals surface area contributed by atoms with Crippen molar-refractivity contribution in [2.75, 3.05) is 6.61 Å². The summed E-state index contributed by atoms with van der Waals surface area (Å²) in [5.41, 5.74) is 1.13. The van der Waals surface area contributed by atoms with Crippen molar-refractivity contribution in [1.82, 2.24) is 0 Å². The van der Waals surface area contributed by atoms with Gasteiger partial charge in [-0.1, -0.05) is 0 Å². The van der Waals surface area contributed by atoms with Gasteiger partial charge in [0.25, 0.3) is 5.95 Å². The maximum absolute atomic E-state index is 6.23. The van der Waals surface area contributed by atoms with Crippen LogP contribution in [0.3, 0.4) is 0 Å². The van der Waals surface area contributed by atoms with Gasteiger partial charge in [-0.3, -0.25) is 0 Å². The summed E-state index contributed by atoms with van der Waals surface area (Å²) in [7, 11) is -3.30. The summed E-state index contributed by atoms with van der Waals surface area (Å²) in [5.74, 6) is 1.70. The van der Waals surface area contributed by atoms with Crippen LogP contribution in [0, 0.1) is 0 Å². The standard InChI is InChI=1S/C15H30O3Si2/c1-8-16-15(18-20(5,6)7)13-11-9-10-12-14(13)17-19(2,3)4/h12H,8-11H2,1-7H3. The van der Waals surface area contributed by atoms with E-state index in [0.717, 1.165) is 30.6 Å². The summed E-state index contributed by atoms with van der Waals surface area (Å²) in [6.45, 7) is 15.8. The van der Waals surface area contributed by atoms with E-state index in [1.54, 1.807) is 0 Å². The molecule has 0 aliphatic heterocycles. The third-order valence-electron chi connectivity index (χ3n) is 2.59. The molecule has 0 unspecified atom stereocenters. The molecule has 0 aromatic carbocycles. The molecule has 0 saturated heterocycles. The van der Waals surface area contributed by atoms with Crippen molar-refractivity contribution in [3.8, 4) is 0 Å². The molecule has 0 radical (unpaired) electrons. The SMILES string of the molecule is CCOC(O[Si](C)(C)C)=C1CCCC=C1O[Si](C)(C)C. The topological polar surface area (TPSA) is 27.7 Å². The van der Waals surface area contributed by atoms with Gasteiger partial charge in [0.1, 0.15) is 5.76 Å². The molecule has 1 aliphatic carbocycles. The molecule has 0 heterocycles. The molecule has 0 spiro atoms. The van der Waals surface area contributed by atoms with E-state index in [1.165, 1.54) is 0 Å². The third kappa shape index (κ3) is 6.18. The zero-order valence-electron chi connectivity index (χ0n) is 14.1. The van der Waals surface area contributed by atoms with Crippen molar-refractivity contribution in [3.05, 3.63) is 23.4 Å². The minimum atomic E-state index is -1.68. The number of rotatable bonds is 6. The molecule has 0 saturated carbocycles. The lowest BCUT2D eigenvalue weighted by molar-refractivity contribution is 0.105. The molecule has 0 fully saturated rings.